The predicted octanol–water partition coefficient (Wildman–Crippen LogP) is 1.43. The van der Waals surface area contributed by atoms with Crippen LogP contribution in [0.1, 0.15) is 27.7 Å². The largest absolute Gasteiger partial charge is 0.465 e. The fourth-order valence-corrected chi connectivity index (χ4v) is 1.69. The summed E-state index contributed by atoms with van der Waals surface area (Å²) in [5.41, 5.74) is 5.53. The number of nitrogens with two attached hydrogens (primary N) is 1. The summed E-state index contributed by atoms with van der Waals surface area (Å²) in [6, 6.07) is -0.528. The van der Waals surface area contributed by atoms with Gasteiger partial charge in [-0.3, -0.25) is 4.79 Å². The zero-order valence-electron chi connectivity index (χ0n) is 10.6. The molecule has 0 fully saturated rings. The highest BCUT2D eigenvalue weighted by atomic mass is 32.2. The standard InChI is InChI=1S/C11H23NO3S/c1-5-14-10(13)9(12)8-16-7-6-15-11(2,3)4/h9H,5-8,12H2,1-4H3. The molecular weight excluding hydrogens is 226 g/mol. The van der Waals surface area contributed by atoms with E-state index in [1.807, 2.05) is 20.8 Å². The highest BCUT2D eigenvalue weighted by Gasteiger charge is 2.14. The quantitative estimate of drug-likeness (QED) is 0.546. The van der Waals surface area contributed by atoms with Gasteiger partial charge in [-0.15, -0.1) is 0 Å². The Bertz CT molecular complexity index is 204. The van der Waals surface area contributed by atoms with Crippen molar-refractivity contribution in [2.24, 2.45) is 5.73 Å². The van der Waals surface area contributed by atoms with E-state index >= 15 is 0 Å². The highest BCUT2D eigenvalue weighted by molar-refractivity contribution is 7.99. The number of hydrogen-bond acceptors (Lipinski definition) is 5. The lowest BCUT2D eigenvalue weighted by molar-refractivity contribution is -0.144. The first-order valence-electron chi connectivity index (χ1n) is 5.50. The second-order valence-electron chi connectivity index (χ2n) is 4.39. The summed E-state index contributed by atoms with van der Waals surface area (Å²) in [7, 11) is 0. The molecule has 0 aliphatic carbocycles. The van der Waals surface area contributed by atoms with Crippen LogP contribution in [0.25, 0.3) is 0 Å². The molecule has 96 valence electrons. The van der Waals surface area contributed by atoms with Crippen molar-refractivity contribution >= 4 is 17.7 Å². The van der Waals surface area contributed by atoms with Crippen LogP contribution >= 0.6 is 11.8 Å². The fourth-order valence-electron chi connectivity index (χ4n) is 0.934. The molecule has 2 N–H and O–H groups in total. The Hall–Kier alpha value is -0.260. The Morgan fingerprint density at radius 2 is 2.06 bits per heavy atom. The monoisotopic (exact) mass is 249 g/mol. The van der Waals surface area contributed by atoms with Crippen LogP contribution in [0.2, 0.25) is 0 Å². The maximum absolute atomic E-state index is 11.2. The number of ether oxygens (including phenoxy) is 2. The molecule has 0 spiro atoms. The first-order valence-corrected chi connectivity index (χ1v) is 6.66. The van der Waals surface area contributed by atoms with Crippen molar-refractivity contribution in [3.8, 4) is 0 Å². The minimum atomic E-state index is -0.528. The molecule has 16 heavy (non-hydrogen) atoms. The van der Waals surface area contributed by atoms with E-state index in [0.717, 1.165) is 5.75 Å². The number of carbonyl (C=O) groups excluding carboxylic acids is 1. The van der Waals surface area contributed by atoms with Gasteiger partial charge in [-0.25, -0.2) is 0 Å². The third kappa shape index (κ3) is 9.00. The SMILES string of the molecule is CCOC(=O)C(N)CSCCOC(C)(C)C. The minimum Gasteiger partial charge on any atom is -0.465 e. The van der Waals surface area contributed by atoms with Crippen LogP contribution in [0, 0.1) is 0 Å². The Morgan fingerprint density at radius 1 is 1.44 bits per heavy atom. The lowest BCUT2D eigenvalue weighted by Gasteiger charge is -2.19. The summed E-state index contributed by atoms with van der Waals surface area (Å²) in [6.45, 7) is 8.87. The van der Waals surface area contributed by atoms with Crippen LogP contribution < -0.4 is 5.73 Å². The molecule has 0 amide bonds. The van der Waals surface area contributed by atoms with Gasteiger partial charge in [-0.1, -0.05) is 0 Å². The first-order chi connectivity index (χ1) is 7.37. The lowest BCUT2D eigenvalue weighted by Crippen LogP contribution is -2.34. The van der Waals surface area contributed by atoms with Gasteiger partial charge < -0.3 is 15.2 Å². The molecule has 5 heteroatoms. The Labute approximate surface area is 102 Å². The van der Waals surface area contributed by atoms with Crippen molar-refractivity contribution in [3.05, 3.63) is 0 Å². The molecular formula is C11H23NO3S. The number of thioether (sulfide) groups is 1. The van der Waals surface area contributed by atoms with E-state index in [1.54, 1.807) is 18.7 Å². The number of rotatable bonds is 7. The maximum atomic E-state index is 11.2. The average molecular weight is 249 g/mol. The fraction of sp³-hybridized carbons (Fsp3) is 0.909. The average Bonchev–Trinajstić information content (AvgIpc) is 2.15. The zero-order chi connectivity index (χ0) is 12.6. The van der Waals surface area contributed by atoms with Crippen LogP contribution in [0.4, 0.5) is 0 Å². The van der Waals surface area contributed by atoms with E-state index in [9.17, 15) is 4.79 Å². The van der Waals surface area contributed by atoms with Gasteiger partial charge >= 0.3 is 5.97 Å². The zero-order valence-corrected chi connectivity index (χ0v) is 11.4. The van der Waals surface area contributed by atoms with Crippen molar-refractivity contribution in [1.82, 2.24) is 0 Å². The summed E-state index contributed by atoms with van der Waals surface area (Å²) in [5.74, 6) is 1.09. The van der Waals surface area contributed by atoms with Gasteiger partial charge in [-0.2, -0.15) is 11.8 Å². The smallest absolute Gasteiger partial charge is 0.323 e. The molecule has 1 unspecified atom stereocenters. The van der Waals surface area contributed by atoms with E-state index in [4.69, 9.17) is 15.2 Å². The molecule has 0 radical (unpaired) electrons. The van der Waals surface area contributed by atoms with Gasteiger partial charge in [0.25, 0.3) is 0 Å². The number of carbonyl (C=O) groups is 1. The van der Waals surface area contributed by atoms with Crippen molar-refractivity contribution < 1.29 is 14.3 Å². The lowest BCUT2D eigenvalue weighted by atomic mass is 10.2. The van der Waals surface area contributed by atoms with Gasteiger partial charge in [0.05, 0.1) is 18.8 Å². The van der Waals surface area contributed by atoms with Crippen molar-refractivity contribution in [2.75, 3.05) is 24.7 Å². The van der Waals surface area contributed by atoms with Crippen LogP contribution in [-0.2, 0) is 14.3 Å². The first kappa shape index (κ1) is 15.7. The third-order valence-corrected chi connectivity index (χ3v) is 2.70. The van der Waals surface area contributed by atoms with Crippen molar-refractivity contribution in [2.45, 2.75) is 39.3 Å². The van der Waals surface area contributed by atoms with Crippen LogP contribution in [-0.4, -0.2) is 42.3 Å². The van der Waals surface area contributed by atoms with E-state index < -0.39 is 6.04 Å². The normalized spacial score (nSPS) is 13.6. The Kier molecular flexibility index (Phi) is 7.80. The number of esters is 1. The predicted molar refractivity (Wildman–Crippen MR) is 67.6 cm³/mol. The summed E-state index contributed by atoms with van der Waals surface area (Å²) in [5, 5.41) is 0. The molecule has 4 nitrogen and oxygen atoms in total. The second kappa shape index (κ2) is 7.92. The van der Waals surface area contributed by atoms with Gasteiger partial charge in [0, 0.05) is 11.5 Å². The molecule has 0 aromatic rings. The molecule has 0 rings (SSSR count). The molecule has 1 atom stereocenters. The third-order valence-electron chi connectivity index (χ3n) is 1.65. The molecule has 0 aliphatic heterocycles. The van der Waals surface area contributed by atoms with E-state index in [0.29, 0.717) is 19.0 Å². The van der Waals surface area contributed by atoms with E-state index in [-0.39, 0.29) is 11.6 Å². The van der Waals surface area contributed by atoms with Gasteiger partial charge in [-0.05, 0) is 27.7 Å². The van der Waals surface area contributed by atoms with Crippen molar-refractivity contribution in [1.29, 1.82) is 0 Å². The minimum absolute atomic E-state index is 0.107. The van der Waals surface area contributed by atoms with Crippen molar-refractivity contribution in [3.63, 3.8) is 0 Å². The summed E-state index contributed by atoms with van der Waals surface area (Å²) >= 11 is 1.61. The van der Waals surface area contributed by atoms with Gasteiger partial charge in [0.15, 0.2) is 0 Å². The molecule has 0 heterocycles. The summed E-state index contributed by atoms with van der Waals surface area (Å²) in [6.07, 6.45) is 0. The molecule has 0 aliphatic rings. The molecule has 0 saturated carbocycles. The molecule has 0 bridgehead atoms. The summed E-state index contributed by atoms with van der Waals surface area (Å²) < 4.78 is 10.3. The van der Waals surface area contributed by atoms with Gasteiger partial charge in [0.1, 0.15) is 6.04 Å². The second-order valence-corrected chi connectivity index (χ2v) is 5.54. The van der Waals surface area contributed by atoms with Gasteiger partial charge in [0.2, 0.25) is 0 Å². The van der Waals surface area contributed by atoms with Crippen LogP contribution in [0.5, 0.6) is 0 Å². The van der Waals surface area contributed by atoms with Crippen LogP contribution in [0.3, 0.4) is 0 Å². The highest BCUT2D eigenvalue weighted by Crippen LogP contribution is 2.09. The molecule has 0 saturated heterocycles. The topological polar surface area (TPSA) is 61.5 Å². The van der Waals surface area contributed by atoms with E-state index in [1.165, 1.54) is 0 Å². The van der Waals surface area contributed by atoms with E-state index in [2.05, 4.69) is 0 Å². The molecule has 0 aromatic carbocycles. The Morgan fingerprint density at radius 3 is 2.56 bits per heavy atom. The summed E-state index contributed by atoms with van der Waals surface area (Å²) in [4.78, 5) is 11.2. The Balaban J connectivity index is 3.48. The maximum Gasteiger partial charge on any atom is 0.323 e. The number of hydrogen-bond donors (Lipinski definition) is 1. The van der Waals surface area contributed by atoms with Crippen LogP contribution in [0.15, 0.2) is 0 Å². The molecule has 0 aromatic heterocycles.